The second-order valence-corrected chi connectivity index (χ2v) is 4.50. The molecule has 0 aromatic carbocycles. The summed E-state index contributed by atoms with van der Waals surface area (Å²) in [6.45, 7) is 1.82. The lowest BCUT2D eigenvalue weighted by Gasteiger charge is -2.22. The maximum atomic E-state index is 11.5. The van der Waals surface area contributed by atoms with E-state index in [1.54, 1.807) is 19.1 Å². The zero-order chi connectivity index (χ0) is 12.2. The van der Waals surface area contributed by atoms with Crippen LogP contribution in [0, 0.1) is 0 Å². The number of furan rings is 1. The number of halogens is 1. The van der Waals surface area contributed by atoms with Crippen molar-refractivity contribution in [1.29, 1.82) is 0 Å². The predicted octanol–water partition coefficient (Wildman–Crippen LogP) is 1.17. The fraction of sp³-hybridized carbons (Fsp3) is 0.500. The van der Waals surface area contributed by atoms with Gasteiger partial charge in [-0.25, -0.2) is 0 Å². The predicted molar refractivity (Wildman–Crippen MR) is 61.2 cm³/mol. The van der Waals surface area contributed by atoms with Crippen LogP contribution in [0.1, 0.15) is 17.5 Å². The molecule has 0 bridgehead atoms. The molecule has 0 saturated heterocycles. The first-order valence-electron chi connectivity index (χ1n) is 4.69. The number of hydrogen-bond acceptors (Lipinski definition) is 4. The summed E-state index contributed by atoms with van der Waals surface area (Å²) in [6.07, 6.45) is 0. The highest BCUT2D eigenvalue weighted by atomic mass is 79.9. The van der Waals surface area contributed by atoms with Crippen molar-refractivity contribution < 1.29 is 19.1 Å². The molecule has 5 nitrogen and oxygen atoms in total. The van der Waals surface area contributed by atoms with Gasteiger partial charge in [-0.2, -0.15) is 0 Å². The van der Waals surface area contributed by atoms with Gasteiger partial charge in [0.2, 0.25) is 0 Å². The summed E-state index contributed by atoms with van der Waals surface area (Å²) in [7, 11) is 1.49. The van der Waals surface area contributed by atoms with Crippen LogP contribution in [0.5, 0.6) is 0 Å². The van der Waals surface area contributed by atoms with Crippen LogP contribution in [0.2, 0.25) is 0 Å². The van der Waals surface area contributed by atoms with E-state index >= 15 is 0 Å². The second-order valence-electron chi connectivity index (χ2n) is 3.72. The number of nitrogens with one attached hydrogen (secondary N) is 1. The van der Waals surface area contributed by atoms with E-state index < -0.39 is 5.60 Å². The van der Waals surface area contributed by atoms with Gasteiger partial charge in [-0.3, -0.25) is 4.79 Å². The maximum absolute atomic E-state index is 11.5. The molecule has 1 rings (SSSR count). The number of carbonyl (C=O) groups excluding carboxylic acids is 1. The standard InChI is InChI=1S/C10H14BrNO4/c1-10(14,6-15-2)5-12-9(13)7-3-4-8(11)16-7/h3-4,14H,5-6H2,1-2H3,(H,12,13). The van der Waals surface area contributed by atoms with Crippen molar-refractivity contribution in [2.45, 2.75) is 12.5 Å². The lowest BCUT2D eigenvalue weighted by molar-refractivity contribution is -0.0148. The van der Waals surface area contributed by atoms with Gasteiger partial charge in [0.25, 0.3) is 5.91 Å². The molecule has 6 heteroatoms. The number of rotatable bonds is 5. The highest BCUT2D eigenvalue weighted by Crippen LogP contribution is 2.13. The van der Waals surface area contributed by atoms with Gasteiger partial charge in [0.1, 0.15) is 5.60 Å². The third-order valence-corrected chi connectivity index (χ3v) is 2.31. The monoisotopic (exact) mass is 291 g/mol. The Morgan fingerprint density at radius 3 is 2.88 bits per heavy atom. The molecule has 2 N–H and O–H groups in total. The molecule has 0 spiro atoms. The molecule has 16 heavy (non-hydrogen) atoms. The summed E-state index contributed by atoms with van der Waals surface area (Å²) in [6, 6.07) is 3.17. The van der Waals surface area contributed by atoms with E-state index in [1.807, 2.05) is 0 Å². The van der Waals surface area contributed by atoms with Crippen molar-refractivity contribution in [3.63, 3.8) is 0 Å². The molecule has 0 fully saturated rings. The van der Waals surface area contributed by atoms with Gasteiger partial charge in [0.15, 0.2) is 10.4 Å². The van der Waals surface area contributed by atoms with Crippen molar-refractivity contribution in [3.8, 4) is 0 Å². The lowest BCUT2D eigenvalue weighted by atomic mass is 10.1. The molecule has 1 atom stereocenters. The topological polar surface area (TPSA) is 71.7 Å². The molecule has 0 aliphatic carbocycles. The zero-order valence-corrected chi connectivity index (χ0v) is 10.7. The lowest BCUT2D eigenvalue weighted by Crippen LogP contribution is -2.43. The van der Waals surface area contributed by atoms with Crippen molar-refractivity contribution in [2.75, 3.05) is 20.3 Å². The van der Waals surface area contributed by atoms with E-state index in [1.165, 1.54) is 7.11 Å². The molecule has 1 unspecified atom stereocenters. The molecule has 0 aliphatic heterocycles. The minimum Gasteiger partial charge on any atom is -0.444 e. The van der Waals surface area contributed by atoms with Gasteiger partial charge >= 0.3 is 0 Å². The smallest absolute Gasteiger partial charge is 0.287 e. The molecule has 1 aromatic heterocycles. The zero-order valence-electron chi connectivity index (χ0n) is 9.12. The SMILES string of the molecule is COCC(C)(O)CNC(=O)c1ccc(Br)o1. The Morgan fingerprint density at radius 2 is 2.38 bits per heavy atom. The van der Waals surface area contributed by atoms with Crippen LogP contribution in [-0.2, 0) is 4.74 Å². The van der Waals surface area contributed by atoms with Crippen LogP contribution in [0.25, 0.3) is 0 Å². The van der Waals surface area contributed by atoms with Crippen LogP contribution in [0.4, 0.5) is 0 Å². The van der Waals surface area contributed by atoms with Gasteiger partial charge < -0.3 is 19.6 Å². The molecule has 0 aliphatic rings. The van der Waals surface area contributed by atoms with Crippen molar-refractivity contribution >= 4 is 21.8 Å². The summed E-state index contributed by atoms with van der Waals surface area (Å²) < 4.78 is 10.4. The van der Waals surface area contributed by atoms with Crippen LogP contribution in [0.15, 0.2) is 21.2 Å². The third-order valence-electron chi connectivity index (χ3n) is 1.88. The Hall–Kier alpha value is -0.850. The van der Waals surface area contributed by atoms with E-state index in [4.69, 9.17) is 9.15 Å². The Balaban J connectivity index is 2.47. The molecular weight excluding hydrogens is 278 g/mol. The Morgan fingerprint density at radius 1 is 1.69 bits per heavy atom. The third kappa shape index (κ3) is 3.96. The van der Waals surface area contributed by atoms with E-state index in [0.717, 1.165) is 0 Å². The van der Waals surface area contributed by atoms with Crippen molar-refractivity contribution in [2.24, 2.45) is 0 Å². The first-order valence-corrected chi connectivity index (χ1v) is 5.49. The molecular formula is C10H14BrNO4. The molecule has 90 valence electrons. The molecule has 1 amide bonds. The number of ether oxygens (including phenoxy) is 1. The van der Waals surface area contributed by atoms with Crippen LogP contribution in [-0.4, -0.2) is 36.9 Å². The van der Waals surface area contributed by atoms with E-state index in [-0.39, 0.29) is 24.8 Å². The van der Waals surface area contributed by atoms with Gasteiger partial charge in [-0.1, -0.05) is 0 Å². The molecule has 1 aromatic rings. The summed E-state index contributed by atoms with van der Waals surface area (Å²) in [5.74, 6) is -0.179. The largest absolute Gasteiger partial charge is 0.444 e. The number of methoxy groups -OCH3 is 1. The van der Waals surface area contributed by atoms with E-state index in [0.29, 0.717) is 4.67 Å². The van der Waals surface area contributed by atoms with Crippen LogP contribution < -0.4 is 5.32 Å². The summed E-state index contributed by atoms with van der Waals surface area (Å²) >= 11 is 3.10. The van der Waals surface area contributed by atoms with Gasteiger partial charge in [0, 0.05) is 13.7 Å². The summed E-state index contributed by atoms with van der Waals surface area (Å²) in [5.41, 5.74) is -1.09. The number of aliphatic hydroxyl groups is 1. The van der Waals surface area contributed by atoms with Gasteiger partial charge in [-0.15, -0.1) is 0 Å². The first kappa shape index (κ1) is 13.2. The fourth-order valence-electron chi connectivity index (χ4n) is 1.16. The highest BCUT2D eigenvalue weighted by molar-refractivity contribution is 9.10. The van der Waals surface area contributed by atoms with Crippen LogP contribution in [0.3, 0.4) is 0 Å². The Bertz CT molecular complexity index is 361. The number of amides is 1. The quantitative estimate of drug-likeness (QED) is 0.854. The Kier molecular flexibility index (Phi) is 4.52. The molecule has 0 radical (unpaired) electrons. The molecule has 0 saturated carbocycles. The van der Waals surface area contributed by atoms with Crippen LogP contribution >= 0.6 is 15.9 Å². The van der Waals surface area contributed by atoms with E-state index in [9.17, 15) is 9.90 Å². The van der Waals surface area contributed by atoms with E-state index in [2.05, 4.69) is 21.2 Å². The van der Waals surface area contributed by atoms with Gasteiger partial charge in [-0.05, 0) is 35.0 Å². The average molecular weight is 292 g/mol. The van der Waals surface area contributed by atoms with Gasteiger partial charge in [0.05, 0.1) is 6.61 Å². The first-order chi connectivity index (χ1) is 7.44. The minimum absolute atomic E-state index is 0.0952. The number of carbonyl (C=O) groups is 1. The molecule has 1 heterocycles. The second kappa shape index (κ2) is 5.47. The van der Waals surface area contributed by atoms with Crippen molar-refractivity contribution in [1.82, 2.24) is 5.32 Å². The summed E-state index contributed by atoms with van der Waals surface area (Å²) in [5, 5.41) is 12.3. The summed E-state index contributed by atoms with van der Waals surface area (Å²) in [4.78, 5) is 11.5. The fourth-order valence-corrected chi connectivity index (χ4v) is 1.46. The minimum atomic E-state index is -1.09. The number of hydrogen-bond donors (Lipinski definition) is 2. The average Bonchev–Trinajstić information content (AvgIpc) is 2.61. The normalized spacial score (nSPS) is 14.5. The Labute approximate surface area is 102 Å². The maximum Gasteiger partial charge on any atom is 0.287 e. The van der Waals surface area contributed by atoms with Crippen molar-refractivity contribution in [3.05, 3.63) is 22.6 Å². The highest BCUT2D eigenvalue weighted by Gasteiger charge is 2.22.